The molecule has 0 aliphatic rings. The highest BCUT2D eigenvalue weighted by Gasteiger charge is 2.02. The Morgan fingerprint density at radius 2 is 1.92 bits per heavy atom. The molecule has 0 aliphatic heterocycles. The van der Waals surface area contributed by atoms with Crippen LogP contribution in [0.25, 0.3) is 0 Å². The molecule has 0 radical (unpaired) electrons. The molecule has 0 saturated carbocycles. The van der Waals surface area contributed by atoms with Gasteiger partial charge in [0.1, 0.15) is 0 Å². The molecule has 0 bridgehead atoms. The lowest BCUT2D eigenvalue weighted by atomic mass is 10.1. The summed E-state index contributed by atoms with van der Waals surface area (Å²) in [6.45, 7) is 6.23. The van der Waals surface area contributed by atoms with E-state index < -0.39 is 0 Å². The van der Waals surface area contributed by atoms with Crippen LogP contribution in [0.2, 0.25) is 0 Å². The fourth-order valence-corrected chi connectivity index (χ4v) is 1.03. The third-order valence-corrected chi connectivity index (χ3v) is 1.93. The van der Waals surface area contributed by atoms with E-state index >= 15 is 0 Å². The third-order valence-electron chi connectivity index (χ3n) is 1.93. The molecule has 1 aromatic heterocycles. The van der Waals surface area contributed by atoms with Gasteiger partial charge in [0, 0.05) is 17.9 Å². The molecule has 0 fully saturated rings. The van der Waals surface area contributed by atoms with Crippen LogP contribution in [0.1, 0.15) is 44.0 Å². The Labute approximate surface area is 73.8 Å². The van der Waals surface area contributed by atoms with Crippen molar-refractivity contribution in [1.29, 1.82) is 0 Å². The molecular formula is C10H16N2. The summed E-state index contributed by atoms with van der Waals surface area (Å²) in [6.07, 6.45) is 1.86. The Morgan fingerprint density at radius 1 is 1.25 bits per heavy atom. The van der Waals surface area contributed by atoms with E-state index in [1.807, 2.05) is 25.3 Å². The zero-order valence-electron chi connectivity index (χ0n) is 7.91. The maximum atomic E-state index is 5.70. The van der Waals surface area contributed by atoms with Crippen LogP contribution in [0.15, 0.2) is 18.3 Å². The molecular weight excluding hydrogens is 148 g/mol. The van der Waals surface area contributed by atoms with Gasteiger partial charge in [-0.2, -0.15) is 0 Å². The molecule has 1 aromatic rings. The van der Waals surface area contributed by atoms with Crippen LogP contribution in [0.4, 0.5) is 0 Å². The lowest BCUT2D eigenvalue weighted by Crippen LogP contribution is -2.05. The van der Waals surface area contributed by atoms with Gasteiger partial charge in [0.2, 0.25) is 0 Å². The van der Waals surface area contributed by atoms with Crippen LogP contribution in [-0.4, -0.2) is 4.98 Å². The van der Waals surface area contributed by atoms with E-state index in [2.05, 4.69) is 18.8 Å². The molecule has 0 unspecified atom stereocenters. The fourth-order valence-electron chi connectivity index (χ4n) is 1.03. The maximum Gasteiger partial charge on any atom is 0.0429 e. The van der Waals surface area contributed by atoms with Crippen LogP contribution in [0.5, 0.6) is 0 Å². The lowest BCUT2D eigenvalue weighted by Gasteiger charge is -2.07. The van der Waals surface area contributed by atoms with Gasteiger partial charge in [-0.25, -0.2) is 0 Å². The first-order valence-electron chi connectivity index (χ1n) is 4.32. The summed E-state index contributed by atoms with van der Waals surface area (Å²) in [6, 6.07) is 4.18. The molecule has 0 amide bonds. The van der Waals surface area contributed by atoms with Gasteiger partial charge in [0.25, 0.3) is 0 Å². The molecule has 1 atom stereocenters. The summed E-state index contributed by atoms with van der Waals surface area (Å²) in [5.74, 6) is 0.493. The van der Waals surface area contributed by atoms with E-state index in [-0.39, 0.29) is 6.04 Å². The van der Waals surface area contributed by atoms with Gasteiger partial charge in [-0.05, 0) is 24.5 Å². The molecule has 0 saturated heterocycles. The molecule has 2 N–H and O–H groups in total. The SMILES string of the molecule is CC(C)c1ccc([C@@H](C)N)cn1. The van der Waals surface area contributed by atoms with Crippen molar-refractivity contribution in [3.8, 4) is 0 Å². The lowest BCUT2D eigenvalue weighted by molar-refractivity contribution is 0.785. The van der Waals surface area contributed by atoms with Crippen molar-refractivity contribution >= 4 is 0 Å². The molecule has 1 heterocycles. The van der Waals surface area contributed by atoms with Gasteiger partial charge in [-0.15, -0.1) is 0 Å². The van der Waals surface area contributed by atoms with Crippen LogP contribution in [-0.2, 0) is 0 Å². The van der Waals surface area contributed by atoms with Crippen LogP contribution >= 0.6 is 0 Å². The number of nitrogens with zero attached hydrogens (tertiary/aromatic N) is 1. The van der Waals surface area contributed by atoms with Crippen molar-refractivity contribution in [3.63, 3.8) is 0 Å². The Balaban J connectivity index is 2.86. The average molecular weight is 164 g/mol. The van der Waals surface area contributed by atoms with Gasteiger partial charge in [0.15, 0.2) is 0 Å². The summed E-state index contributed by atoms with van der Waals surface area (Å²) in [4.78, 5) is 4.32. The highest BCUT2D eigenvalue weighted by Crippen LogP contribution is 2.13. The predicted octanol–water partition coefficient (Wildman–Crippen LogP) is 2.22. The highest BCUT2D eigenvalue weighted by atomic mass is 14.7. The van der Waals surface area contributed by atoms with Crippen molar-refractivity contribution < 1.29 is 0 Å². The summed E-state index contributed by atoms with van der Waals surface area (Å²) in [5.41, 5.74) is 7.92. The van der Waals surface area contributed by atoms with Crippen molar-refractivity contribution in [3.05, 3.63) is 29.6 Å². The number of hydrogen-bond acceptors (Lipinski definition) is 2. The quantitative estimate of drug-likeness (QED) is 0.728. The van der Waals surface area contributed by atoms with Crippen molar-refractivity contribution in [1.82, 2.24) is 4.98 Å². The number of aromatic nitrogens is 1. The maximum absolute atomic E-state index is 5.70. The zero-order valence-corrected chi connectivity index (χ0v) is 7.91. The largest absolute Gasteiger partial charge is 0.324 e. The number of rotatable bonds is 2. The molecule has 2 heteroatoms. The normalized spacial score (nSPS) is 13.4. The number of hydrogen-bond donors (Lipinski definition) is 1. The van der Waals surface area contributed by atoms with Gasteiger partial charge < -0.3 is 5.73 Å². The first-order valence-corrected chi connectivity index (χ1v) is 4.32. The smallest absolute Gasteiger partial charge is 0.0429 e. The second kappa shape index (κ2) is 3.68. The van der Waals surface area contributed by atoms with Crippen LogP contribution in [0, 0.1) is 0 Å². The van der Waals surface area contributed by atoms with Crippen molar-refractivity contribution in [2.75, 3.05) is 0 Å². The van der Waals surface area contributed by atoms with Crippen molar-refractivity contribution in [2.24, 2.45) is 5.73 Å². The molecule has 0 aliphatic carbocycles. The number of pyridine rings is 1. The Hall–Kier alpha value is -0.890. The van der Waals surface area contributed by atoms with Gasteiger partial charge in [-0.1, -0.05) is 19.9 Å². The zero-order chi connectivity index (χ0) is 9.14. The summed E-state index contributed by atoms with van der Waals surface area (Å²) < 4.78 is 0. The second-order valence-corrected chi connectivity index (χ2v) is 3.46. The Bertz CT molecular complexity index is 210. The van der Waals surface area contributed by atoms with E-state index in [4.69, 9.17) is 5.73 Å². The highest BCUT2D eigenvalue weighted by molar-refractivity contribution is 5.18. The molecule has 0 spiro atoms. The average Bonchev–Trinajstić information content (AvgIpc) is 2.04. The van der Waals surface area contributed by atoms with Crippen molar-refractivity contribution in [2.45, 2.75) is 32.7 Å². The third kappa shape index (κ3) is 2.05. The van der Waals surface area contributed by atoms with Gasteiger partial charge >= 0.3 is 0 Å². The topological polar surface area (TPSA) is 38.9 Å². The van der Waals surface area contributed by atoms with Gasteiger partial charge in [0.05, 0.1) is 0 Å². The molecule has 2 nitrogen and oxygen atoms in total. The van der Waals surface area contributed by atoms with E-state index in [1.54, 1.807) is 0 Å². The monoisotopic (exact) mass is 164 g/mol. The summed E-state index contributed by atoms with van der Waals surface area (Å²) >= 11 is 0. The van der Waals surface area contributed by atoms with Crippen LogP contribution in [0.3, 0.4) is 0 Å². The van der Waals surface area contributed by atoms with E-state index in [0.717, 1.165) is 11.3 Å². The van der Waals surface area contributed by atoms with E-state index in [1.165, 1.54) is 0 Å². The first-order chi connectivity index (χ1) is 5.61. The minimum absolute atomic E-state index is 0.0821. The number of nitrogens with two attached hydrogens (primary N) is 1. The first kappa shape index (κ1) is 9.20. The molecule has 0 aromatic carbocycles. The molecule has 66 valence electrons. The van der Waals surface area contributed by atoms with Gasteiger partial charge in [-0.3, -0.25) is 4.98 Å². The Kier molecular flexibility index (Phi) is 2.82. The molecule has 12 heavy (non-hydrogen) atoms. The fraction of sp³-hybridized carbons (Fsp3) is 0.500. The molecule has 1 rings (SSSR count). The summed E-state index contributed by atoms with van der Waals surface area (Å²) in [5, 5.41) is 0. The second-order valence-electron chi connectivity index (χ2n) is 3.46. The predicted molar refractivity (Wildman–Crippen MR) is 50.9 cm³/mol. The Morgan fingerprint density at radius 3 is 2.25 bits per heavy atom. The minimum Gasteiger partial charge on any atom is -0.324 e. The minimum atomic E-state index is 0.0821. The van der Waals surface area contributed by atoms with E-state index in [9.17, 15) is 0 Å². The standard InChI is InChI=1S/C10H16N2/c1-7(2)10-5-4-9(6-12-10)8(3)11/h4-8H,11H2,1-3H3/t8-/m1/s1. The van der Waals surface area contributed by atoms with E-state index in [0.29, 0.717) is 5.92 Å². The summed E-state index contributed by atoms with van der Waals surface area (Å²) in [7, 11) is 0. The van der Waals surface area contributed by atoms with Crippen LogP contribution < -0.4 is 5.73 Å².